The number of allylic oxidation sites excluding steroid dienone is 1. The molecule has 0 N–H and O–H groups in total. The van der Waals surface area contributed by atoms with Crippen LogP contribution in [0.3, 0.4) is 0 Å². The Labute approximate surface area is 128 Å². The highest BCUT2D eigenvalue weighted by molar-refractivity contribution is 5.52. The van der Waals surface area contributed by atoms with Crippen LogP contribution in [0.25, 0.3) is 6.08 Å². The monoisotopic (exact) mass is 305 g/mol. The standard InChI is InChI=1S/C17H17F2NO2/c18-15-9-13(10-16(19)14(15)11-20)2-1-12-3-5-17(6-4-12)21-7-8-22-17/h1-2,9-10,12H,3-8H2/b2-1+. The van der Waals surface area contributed by atoms with E-state index in [1.54, 1.807) is 6.08 Å². The smallest absolute Gasteiger partial charge is 0.168 e. The number of halogens is 2. The second-order valence-corrected chi connectivity index (χ2v) is 5.78. The molecule has 3 rings (SSSR count). The maximum atomic E-state index is 13.5. The second-order valence-electron chi connectivity index (χ2n) is 5.78. The van der Waals surface area contributed by atoms with Crippen molar-refractivity contribution in [1.29, 1.82) is 5.26 Å². The number of rotatable bonds is 2. The number of benzene rings is 1. The highest BCUT2D eigenvalue weighted by atomic mass is 19.1. The molecule has 2 fully saturated rings. The first-order valence-electron chi connectivity index (χ1n) is 7.47. The van der Waals surface area contributed by atoms with Crippen LogP contribution < -0.4 is 0 Å². The van der Waals surface area contributed by atoms with Crippen molar-refractivity contribution < 1.29 is 18.3 Å². The Morgan fingerprint density at radius 3 is 2.27 bits per heavy atom. The molecule has 116 valence electrons. The van der Waals surface area contributed by atoms with Crippen molar-refractivity contribution in [2.75, 3.05) is 13.2 Å². The van der Waals surface area contributed by atoms with Gasteiger partial charge in [0.15, 0.2) is 5.79 Å². The minimum Gasteiger partial charge on any atom is -0.348 e. The normalized spacial score (nSPS) is 21.5. The van der Waals surface area contributed by atoms with E-state index >= 15 is 0 Å². The molecule has 0 unspecified atom stereocenters. The van der Waals surface area contributed by atoms with Crippen molar-refractivity contribution in [1.82, 2.24) is 0 Å². The van der Waals surface area contributed by atoms with E-state index in [0.717, 1.165) is 25.7 Å². The predicted octanol–water partition coefficient (Wildman–Crippen LogP) is 3.78. The van der Waals surface area contributed by atoms with Gasteiger partial charge in [0, 0.05) is 12.8 Å². The van der Waals surface area contributed by atoms with Crippen LogP contribution in [-0.4, -0.2) is 19.0 Å². The number of ether oxygens (including phenoxy) is 2. The van der Waals surface area contributed by atoms with Gasteiger partial charge in [-0.15, -0.1) is 0 Å². The minimum atomic E-state index is -0.822. The maximum Gasteiger partial charge on any atom is 0.168 e. The molecule has 0 aromatic heterocycles. The third-order valence-electron chi connectivity index (χ3n) is 4.34. The quantitative estimate of drug-likeness (QED) is 0.835. The van der Waals surface area contributed by atoms with Gasteiger partial charge in [-0.05, 0) is 36.5 Å². The lowest BCUT2D eigenvalue weighted by Crippen LogP contribution is -2.34. The summed E-state index contributed by atoms with van der Waals surface area (Å²) in [6.07, 6.45) is 7.24. The first-order chi connectivity index (χ1) is 10.6. The van der Waals surface area contributed by atoms with Crippen LogP contribution in [0.5, 0.6) is 0 Å². The van der Waals surface area contributed by atoms with Gasteiger partial charge in [0.2, 0.25) is 0 Å². The summed E-state index contributed by atoms with van der Waals surface area (Å²) < 4.78 is 38.4. The Morgan fingerprint density at radius 1 is 1.14 bits per heavy atom. The molecule has 0 radical (unpaired) electrons. The zero-order chi connectivity index (χ0) is 15.6. The van der Waals surface area contributed by atoms with Gasteiger partial charge in [0.05, 0.1) is 13.2 Å². The van der Waals surface area contributed by atoms with Gasteiger partial charge in [-0.1, -0.05) is 12.2 Å². The van der Waals surface area contributed by atoms with E-state index < -0.39 is 23.0 Å². The summed E-state index contributed by atoms with van der Waals surface area (Å²) >= 11 is 0. The molecule has 0 amide bonds. The first-order valence-corrected chi connectivity index (χ1v) is 7.47. The average molecular weight is 305 g/mol. The topological polar surface area (TPSA) is 42.2 Å². The first kappa shape index (κ1) is 15.1. The van der Waals surface area contributed by atoms with Crippen LogP contribution in [0.2, 0.25) is 0 Å². The van der Waals surface area contributed by atoms with Crippen LogP contribution in [-0.2, 0) is 9.47 Å². The number of hydrogen-bond donors (Lipinski definition) is 0. The lowest BCUT2D eigenvalue weighted by atomic mass is 9.84. The summed E-state index contributed by atoms with van der Waals surface area (Å²) in [6.45, 7) is 1.31. The molecule has 1 aromatic carbocycles. The molecular weight excluding hydrogens is 288 g/mol. The Bertz CT molecular complexity index is 597. The molecule has 1 spiro atoms. The number of nitriles is 1. The third-order valence-corrected chi connectivity index (χ3v) is 4.34. The summed E-state index contributed by atoms with van der Waals surface area (Å²) in [5.41, 5.74) is -0.102. The molecule has 2 aliphatic rings. The van der Waals surface area contributed by atoms with Gasteiger partial charge >= 0.3 is 0 Å². The van der Waals surface area contributed by atoms with Crippen LogP contribution in [0.1, 0.15) is 36.8 Å². The van der Waals surface area contributed by atoms with E-state index in [1.165, 1.54) is 18.2 Å². The highest BCUT2D eigenvalue weighted by Crippen LogP contribution is 2.38. The van der Waals surface area contributed by atoms with E-state index in [1.807, 2.05) is 6.08 Å². The molecule has 1 saturated heterocycles. The number of hydrogen-bond acceptors (Lipinski definition) is 3. The molecule has 3 nitrogen and oxygen atoms in total. The van der Waals surface area contributed by atoms with Crippen LogP contribution in [0.15, 0.2) is 18.2 Å². The fraction of sp³-hybridized carbons (Fsp3) is 0.471. The molecule has 22 heavy (non-hydrogen) atoms. The van der Waals surface area contributed by atoms with E-state index in [9.17, 15) is 8.78 Å². The molecule has 1 heterocycles. The predicted molar refractivity (Wildman–Crippen MR) is 76.7 cm³/mol. The largest absolute Gasteiger partial charge is 0.348 e. The summed E-state index contributed by atoms with van der Waals surface area (Å²) in [5, 5.41) is 8.65. The van der Waals surface area contributed by atoms with Crippen LogP contribution >= 0.6 is 0 Å². The summed E-state index contributed by atoms with van der Waals surface area (Å²) in [5.74, 6) is -1.69. The Morgan fingerprint density at radius 2 is 1.73 bits per heavy atom. The molecule has 5 heteroatoms. The van der Waals surface area contributed by atoms with E-state index in [-0.39, 0.29) is 0 Å². The summed E-state index contributed by atoms with van der Waals surface area (Å²) in [4.78, 5) is 0. The molecule has 0 atom stereocenters. The lowest BCUT2D eigenvalue weighted by molar-refractivity contribution is -0.180. The zero-order valence-corrected chi connectivity index (χ0v) is 12.1. The highest BCUT2D eigenvalue weighted by Gasteiger charge is 2.39. The fourth-order valence-corrected chi connectivity index (χ4v) is 3.10. The van der Waals surface area contributed by atoms with Crippen molar-refractivity contribution in [3.63, 3.8) is 0 Å². The van der Waals surface area contributed by atoms with Gasteiger partial charge in [-0.3, -0.25) is 0 Å². The molecule has 1 saturated carbocycles. The van der Waals surface area contributed by atoms with Crippen molar-refractivity contribution in [3.05, 3.63) is 41.0 Å². The number of nitrogens with zero attached hydrogens (tertiary/aromatic N) is 1. The van der Waals surface area contributed by atoms with Gasteiger partial charge in [0.1, 0.15) is 23.3 Å². The molecular formula is C17H17F2NO2. The molecule has 1 aromatic rings. The Hall–Kier alpha value is -1.77. The molecule has 1 aliphatic heterocycles. The SMILES string of the molecule is N#Cc1c(F)cc(/C=C/C2CCC3(CC2)OCCO3)cc1F. The molecule has 1 aliphatic carbocycles. The van der Waals surface area contributed by atoms with Gasteiger partial charge in [-0.25, -0.2) is 8.78 Å². The fourth-order valence-electron chi connectivity index (χ4n) is 3.10. The van der Waals surface area contributed by atoms with Crippen molar-refractivity contribution in [2.45, 2.75) is 31.5 Å². The lowest BCUT2D eigenvalue weighted by Gasteiger charge is -2.34. The Kier molecular flexibility index (Phi) is 4.23. The third kappa shape index (κ3) is 3.03. The van der Waals surface area contributed by atoms with Gasteiger partial charge in [-0.2, -0.15) is 5.26 Å². The van der Waals surface area contributed by atoms with Crippen LogP contribution in [0, 0.1) is 28.9 Å². The van der Waals surface area contributed by atoms with Crippen LogP contribution in [0.4, 0.5) is 8.78 Å². The average Bonchev–Trinajstić information content (AvgIpc) is 2.95. The summed E-state index contributed by atoms with van der Waals surface area (Å²) in [6, 6.07) is 3.89. The molecule has 0 bridgehead atoms. The van der Waals surface area contributed by atoms with Gasteiger partial charge < -0.3 is 9.47 Å². The van der Waals surface area contributed by atoms with E-state index in [4.69, 9.17) is 14.7 Å². The Balaban J connectivity index is 1.64. The minimum absolute atomic E-state index is 0.347. The van der Waals surface area contributed by atoms with Crippen molar-refractivity contribution in [3.8, 4) is 6.07 Å². The van der Waals surface area contributed by atoms with Gasteiger partial charge in [0.25, 0.3) is 0 Å². The van der Waals surface area contributed by atoms with Crippen molar-refractivity contribution in [2.24, 2.45) is 5.92 Å². The zero-order valence-electron chi connectivity index (χ0n) is 12.1. The van der Waals surface area contributed by atoms with E-state index in [2.05, 4.69) is 0 Å². The summed E-state index contributed by atoms with van der Waals surface area (Å²) in [7, 11) is 0. The maximum absolute atomic E-state index is 13.5. The van der Waals surface area contributed by atoms with Crippen molar-refractivity contribution >= 4 is 6.08 Å². The second kappa shape index (κ2) is 6.15. The van der Waals surface area contributed by atoms with E-state index in [0.29, 0.717) is 24.7 Å².